The molecular weight excluding hydrogens is 455 g/mol. The predicted molar refractivity (Wildman–Crippen MR) is 123 cm³/mol. The zero-order chi connectivity index (χ0) is 21.7. The van der Waals surface area contributed by atoms with Gasteiger partial charge in [0.15, 0.2) is 5.16 Å². The summed E-state index contributed by atoms with van der Waals surface area (Å²) in [5.74, 6) is 0.181. The number of benzene rings is 2. The third kappa shape index (κ3) is 5.41. The van der Waals surface area contributed by atoms with Crippen LogP contribution in [0, 0.1) is 0 Å². The monoisotopic (exact) mass is 476 g/mol. The van der Waals surface area contributed by atoms with Gasteiger partial charge >= 0.3 is 0 Å². The van der Waals surface area contributed by atoms with Gasteiger partial charge in [-0.15, -0.1) is 10.2 Å². The van der Waals surface area contributed by atoms with E-state index in [0.717, 1.165) is 24.1 Å². The van der Waals surface area contributed by atoms with E-state index < -0.39 is 0 Å². The number of hydrogen-bond donors (Lipinski definition) is 1. The molecule has 0 spiro atoms. The van der Waals surface area contributed by atoms with Crippen LogP contribution in [-0.4, -0.2) is 46.2 Å². The van der Waals surface area contributed by atoms with Gasteiger partial charge in [-0.1, -0.05) is 53.2 Å². The van der Waals surface area contributed by atoms with E-state index in [0.29, 0.717) is 35.0 Å². The molecule has 2 heterocycles. The summed E-state index contributed by atoms with van der Waals surface area (Å²) >= 11 is 13.6. The first kappa shape index (κ1) is 22.1. The highest BCUT2D eigenvalue weighted by molar-refractivity contribution is 7.99. The van der Waals surface area contributed by atoms with Gasteiger partial charge in [-0.05, 0) is 48.7 Å². The number of halogens is 2. The fourth-order valence-electron chi connectivity index (χ4n) is 3.72. The largest absolute Gasteiger partial charge is 0.381 e. The molecule has 3 aromatic rings. The van der Waals surface area contributed by atoms with Gasteiger partial charge in [0.05, 0.1) is 11.4 Å². The van der Waals surface area contributed by atoms with Crippen LogP contribution >= 0.6 is 35.0 Å². The normalized spacial score (nSPS) is 15.5. The van der Waals surface area contributed by atoms with E-state index in [1.807, 2.05) is 47.0 Å². The van der Waals surface area contributed by atoms with Crippen molar-refractivity contribution in [3.05, 3.63) is 70.5 Å². The van der Waals surface area contributed by atoms with Crippen LogP contribution in [-0.2, 0) is 14.9 Å². The van der Waals surface area contributed by atoms with E-state index in [1.54, 1.807) is 6.33 Å². The minimum Gasteiger partial charge on any atom is -0.381 e. The van der Waals surface area contributed by atoms with Crippen LogP contribution in [0.3, 0.4) is 0 Å². The number of ether oxygens (including phenoxy) is 1. The highest BCUT2D eigenvalue weighted by Gasteiger charge is 2.35. The van der Waals surface area contributed by atoms with Gasteiger partial charge in [-0.25, -0.2) is 0 Å². The molecule has 0 saturated carbocycles. The van der Waals surface area contributed by atoms with Gasteiger partial charge in [0, 0.05) is 35.2 Å². The zero-order valence-electron chi connectivity index (χ0n) is 16.8. The van der Waals surface area contributed by atoms with Crippen LogP contribution < -0.4 is 5.32 Å². The molecule has 1 fully saturated rings. The summed E-state index contributed by atoms with van der Waals surface area (Å²) in [5.41, 5.74) is 1.81. The predicted octanol–water partition coefficient (Wildman–Crippen LogP) is 4.53. The van der Waals surface area contributed by atoms with Crippen molar-refractivity contribution >= 4 is 40.9 Å². The van der Waals surface area contributed by atoms with Gasteiger partial charge in [0.1, 0.15) is 6.33 Å². The Kier molecular flexibility index (Phi) is 7.17. The summed E-state index contributed by atoms with van der Waals surface area (Å²) in [6, 6.07) is 15.3. The minimum absolute atomic E-state index is 0.0569. The fourth-order valence-corrected chi connectivity index (χ4v) is 4.86. The van der Waals surface area contributed by atoms with E-state index in [9.17, 15) is 4.79 Å². The van der Waals surface area contributed by atoms with Gasteiger partial charge in [-0.2, -0.15) is 0 Å². The second kappa shape index (κ2) is 10.0. The summed E-state index contributed by atoms with van der Waals surface area (Å²) in [4.78, 5) is 12.7. The third-order valence-corrected chi connectivity index (χ3v) is 6.86. The number of carbonyl (C=O) groups excluding carboxylic acids is 1. The second-order valence-electron chi connectivity index (χ2n) is 7.43. The molecule has 1 aliphatic rings. The number of nitrogens with one attached hydrogen (secondary N) is 1. The Bertz CT molecular complexity index is 1050. The van der Waals surface area contributed by atoms with Crippen molar-refractivity contribution in [1.29, 1.82) is 0 Å². The Labute approximate surface area is 195 Å². The highest BCUT2D eigenvalue weighted by Crippen LogP contribution is 2.35. The van der Waals surface area contributed by atoms with Crippen LogP contribution in [0.4, 0.5) is 0 Å². The lowest BCUT2D eigenvalue weighted by Gasteiger charge is -2.38. The molecule has 162 valence electrons. The maximum atomic E-state index is 12.7. The molecule has 1 N–H and O–H groups in total. The Hall–Kier alpha value is -2.06. The van der Waals surface area contributed by atoms with Crippen LogP contribution in [0.5, 0.6) is 0 Å². The van der Waals surface area contributed by atoms with Gasteiger partial charge in [-0.3, -0.25) is 9.36 Å². The smallest absolute Gasteiger partial charge is 0.230 e. The SMILES string of the molecule is O=C(CSc1nncn1-c1cccc(Cl)c1)NCC1(c2cccc(Cl)c2)CCOCC1. The van der Waals surface area contributed by atoms with E-state index >= 15 is 0 Å². The third-order valence-electron chi connectivity index (χ3n) is 5.45. The molecule has 4 rings (SSSR count). The van der Waals surface area contributed by atoms with Crippen molar-refractivity contribution in [1.82, 2.24) is 20.1 Å². The molecular formula is C22H22Cl2N4O2S. The molecule has 0 radical (unpaired) electrons. The van der Waals surface area contributed by atoms with Crippen LogP contribution in [0.2, 0.25) is 10.0 Å². The molecule has 1 aliphatic heterocycles. The van der Waals surface area contributed by atoms with Crippen LogP contribution in [0.1, 0.15) is 18.4 Å². The lowest BCUT2D eigenvalue weighted by atomic mass is 9.74. The van der Waals surface area contributed by atoms with Crippen molar-refractivity contribution in [2.45, 2.75) is 23.4 Å². The fraction of sp³-hybridized carbons (Fsp3) is 0.318. The number of aromatic nitrogens is 3. The second-order valence-corrected chi connectivity index (χ2v) is 9.25. The summed E-state index contributed by atoms with van der Waals surface area (Å²) in [5, 5.41) is 13.2. The minimum atomic E-state index is -0.176. The highest BCUT2D eigenvalue weighted by atomic mass is 35.5. The average Bonchev–Trinajstić information content (AvgIpc) is 3.26. The van der Waals surface area contributed by atoms with Gasteiger partial charge < -0.3 is 10.1 Å². The van der Waals surface area contributed by atoms with Crippen molar-refractivity contribution < 1.29 is 9.53 Å². The zero-order valence-corrected chi connectivity index (χ0v) is 19.1. The first-order chi connectivity index (χ1) is 15.1. The van der Waals surface area contributed by atoms with Crippen molar-refractivity contribution in [3.63, 3.8) is 0 Å². The number of hydrogen-bond acceptors (Lipinski definition) is 5. The van der Waals surface area contributed by atoms with Crippen molar-refractivity contribution in [3.8, 4) is 5.69 Å². The molecule has 9 heteroatoms. The Balaban J connectivity index is 1.40. The molecule has 0 atom stereocenters. The van der Waals surface area contributed by atoms with Crippen LogP contribution in [0.15, 0.2) is 60.0 Å². The molecule has 0 aliphatic carbocycles. The maximum absolute atomic E-state index is 12.7. The molecule has 1 amide bonds. The standard InChI is InChI=1S/C22H22Cl2N4O2S/c23-17-4-1-3-16(11-17)22(7-9-30-10-8-22)14-25-20(29)13-31-21-27-26-15-28(21)19-6-2-5-18(24)12-19/h1-6,11-12,15H,7-10,13-14H2,(H,25,29). The average molecular weight is 477 g/mol. The van der Waals surface area contributed by atoms with Crippen molar-refractivity contribution in [2.75, 3.05) is 25.5 Å². The Morgan fingerprint density at radius 3 is 2.61 bits per heavy atom. The van der Waals surface area contributed by atoms with E-state index in [4.69, 9.17) is 27.9 Å². The topological polar surface area (TPSA) is 69.0 Å². The number of amides is 1. The summed E-state index contributed by atoms with van der Waals surface area (Å²) in [7, 11) is 0. The Morgan fingerprint density at radius 1 is 1.13 bits per heavy atom. The summed E-state index contributed by atoms with van der Waals surface area (Å²) in [6.07, 6.45) is 3.29. The maximum Gasteiger partial charge on any atom is 0.230 e. The molecule has 0 unspecified atom stereocenters. The number of rotatable bonds is 7. The van der Waals surface area contributed by atoms with Gasteiger partial charge in [0.2, 0.25) is 5.91 Å². The first-order valence-electron chi connectivity index (χ1n) is 9.95. The first-order valence-corrected chi connectivity index (χ1v) is 11.7. The number of carbonyl (C=O) groups is 1. The van der Waals surface area contributed by atoms with Gasteiger partial charge in [0.25, 0.3) is 0 Å². The van der Waals surface area contributed by atoms with E-state index in [1.165, 1.54) is 11.8 Å². The van der Waals surface area contributed by atoms with E-state index in [2.05, 4.69) is 21.6 Å². The quantitative estimate of drug-likeness (QED) is 0.507. The molecule has 6 nitrogen and oxygen atoms in total. The van der Waals surface area contributed by atoms with Crippen molar-refractivity contribution in [2.24, 2.45) is 0 Å². The number of thioether (sulfide) groups is 1. The molecule has 1 aromatic heterocycles. The van der Waals surface area contributed by atoms with Crippen LogP contribution in [0.25, 0.3) is 5.69 Å². The molecule has 1 saturated heterocycles. The Morgan fingerprint density at radius 2 is 1.87 bits per heavy atom. The lowest BCUT2D eigenvalue weighted by molar-refractivity contribution is -0.119. The lowest BCUT2D eigenvalue weighted by Crippen LogP contribution is -2.45. The summed E-state index contributed by atoms with van der Waals surface area (Å²) in [6.45, 7) is 1.87. The summed E-state index contributed by atoms with van der Waals surface area (Å²) < 4.78 is 7.38. The molecule has 2 aromatic carbocycles. The number of nitrogens with zero attached hydrogens (tertiary/aromatic N) is 3. The molecule has 0 bridgehead atoms. The van der Waals surface area contributed by atoms with E-state index in [-0.39, 0.29) is 17.1 Å². The molecule has 31 heavy (non-hydrogen) atoms.